The summed E-state index contributed by atoms with van der Waals surface area (Å²) >= 11 is 5.89. The normalized spacial score (nSPS) is 19.5. The number of rotatable bonds is 5. The maximum atomic E-state index is 5.89. The Bertz CT molecular complexity index is 600. The molecule has 1 aliphatic heterocycles. The largest absolute Gasteiger partial charge is 0.374 e. The SMILES string of the molecule is CN1CCOC(CNCc2cc(-c3ccc(Cl)cc3)no2)C1. The van der Waals surface area contributed by atoms with Crippen molar-refractivity contribution in [1.29, 1.82) is 0 Å². The zero-order chi connectivity index (χ0) is 15.4. The number of likely N-dealkylation sites (N-methyl/N-ethyl adjacent to an activating group) is 1. The van der Waals surface area contributed by atoms with Crippen LogP contribution >= 0.6 is 11.6 Å². The highest BCUT2D eigenvalue weighted by atomic mass is 35.5. The topological polar surface area (TPSA) is 50.5 Å². The zero-order valence-electron chi connectivity index (χ0n) is 12.6. The van der Waals surface area contributed by atoms with Crippen molar-refractivity contribution in [3.8, 4) is 11.3 Å². The van der Waals surface area contributed by atoms with Gasteiger partial charge in [0, 0.05) is 36.3 Å². The molecular formula is C16H20ClN3O2. The van der Waals surface area contributed by atoms with Crippen LogP contribution in [0.25, 0.3) is 11.3 Å². The van der Waals surface area contributed by atoms with Crippen LogP contribution in [0.3, 0.4) is 0 Å². The molecule has 0 radical (unpaired) electrons. The van der Waals surface area contributed by atoms with Gasteiger partial charge in [0.05, 0.1) is 19.3 Å². The highest BCUT2D eigenvalue weighted by Crippen LogP contribution is 2.21. The number of nitrogens with one attached hydrogen (secondary N) is 1. The van der Waals surface area contributed by atoms with Crippen molar-refractivity contribution >= 4 is 11.6 Å². The highest BCUT2D eigenvalue weighted by molar-refractivity contribution is 6.30. The maximum Gasteiger partial charge on any atom is 0.151 e. The molecule has 1 saturated heterocycles. The van der Waals surface area contributed by atoms with Crippen LogP contribution in [0.4, 0.5) is 0 Å². The van der Waals surface area contributed by atoms with Gasteiger partial charge in [0.25, 0.3) is 0 Å². The van der Waals surface area contributed by atoms with Crippen molar-refractivity contribution in [3.05, 3.63) is 41.1 Å². The van der Waals surface area contributed by atoms with Gasteiger partial charge in [-0.15, -0.1) is 0 Å². The predicted octanol–water partition coefficient (Wildman–Crippen LogP) is 2.42. The fraction of sp³-hybridized carbons (Fsp3) is 0.438. The summed E-state index contributed by atoms with van der Waals surface area (Å²) in [7, 11) is 2.12. The van der Waals surface area contributed by atoms with Gasteiger partial charge in [-0.2, -0.15) is 0 Å². The van der Waals surface area contributed by atoms with Gasteiger partial charge in [0.1, 0.15) is 5.69 Å². The number of halogens is 1. The lowest BCUT2D eigenvalue weighted by Crippen LogP contribution is -2.44. The van der Waals surface area contributed by atoms with E-state index in [-0.39, 0.29) is 6.10 Å². The Kier molecular flexibility index (Phi) is 5.10. The standard InChI is InChI=1S/C16H20ClN3O2/c1-20-6-7-21-15(11-20)10-18-9-14-8-16(19-22-14)12-2-4-13(17)5-3-12/h2-5,8,15,18H,6-7,9-11H2,1H3. The Morgan fingerprint density at radius 2 is 2.18 bits per heavy atom. The molecule has 1 N–H and O–H groups in total. The molecule has 2 heterocycles. The first-order chi connectivity index (χ1) is 10.7. The predicted molar refractivity (Wildman–Crippen MR) is 85.9 cm³/mol. The first-order valence-electron chi connectivity index (χ1n) is 7.43. The lowest BCUT2D eigenvalue weighted by molar-refractivity contribution is -0.0184. The van der Waals surface area contributed by atoms with Gasteiger partial charge in [-0.1, -0.05) is 28.9 Å². The molecule has 1 aromatic heterocycles. The van der Waals surface area contributed by atoms with E-state index < -0.39 is 0 Å². The molecule has 1 aliphatic rings. The molecule has 0 aliphatic carbocycles. The van der Waals surface area contributed by atoms with E-state index in [1.54, 1.807) is 0 Å². The van der Waals surface area contributed by atoms with Gasteiger partial charge >= 0.3 is 0 Å². The van der Waals surface area contributed by atoms with Crippen LogP contribution < -0.4 is 5.32 Å². The van der Waals surface area contributed by atoms with Crippen LogP contribution in [-0.4, -0.2) is 49.4 Å². The summed E-state index contributed by atoms with van der Waals surface area (Å²) in [6.07, 6.45) is 0.234. The van der Waals surface area contributed by atoms with E-state index in [1.807, 2.05) is 30.3 Å². The van der Waals surface area contributed by atoms with Crippen molar-refractivity contribution in [3.63, 3.8) is 0 Å². The summed E-state index contributed by atoms with van der Waals surface area (Å²) in [5, 5.41) is 8.17. The smallest absolute Gasteiger partial charge is 0.151 e. The summed E-state index contributed by atoms with van der Waals surface area (Å²) in [6, 6.07) is 9.51. The monoisotopic (exact) mass is 321 g/mol. The van der Waals surface area contributed by atoms with E-state index in [0.29, 0.717) is 11.6 Å². The molecule has 1 atom stereocenters. The van der Waals surface area contributed by atoms with Crippen LogP contribution in [0, 0.1) is 0 Å². The number of benzene rings is 1. The number of hydrogen-bond acceptors (Lipinski definition) is 5. The first-order valence-corrected chi connectivity index (χ1v) is 7.81. The van der Waals surface area contributed by atoms with Gasteiger partial charge in [0.2, 0.25) is 0 Å². The Morgan fingerprint density at radius 3 is 2.95 bits per heavy atom. The minimum absolute atomic E-state index is 0.234. The molecule has 1 unspecified atom stereocenters. The van der Waals surface area contributed by atoms with E-state index in [9.17, 15) is 0 Å². The Morgan fingerprint density at radius 1 is 1.36 bits per heavy atom. The Balaban J connectivity index is 1.50. The number of aromatic nitrogens is 1. The van der Waals surface area contributed by atoms with Crippen molar-refractivity contribution in [2.75, 3.05) is 33.3 Å². The lowest BCUT2D eigenvalue weighted by atomic mass is 10.1. The molecule has 5 nitrogen and oxygen atoms in total. The summed E-state index contributed by atoms with van der Waals surface area (Å²) in [5.74, 6) is 0.814. The first kappa shape index (κ1) is 15.5. The molecule has 0 spiro atoms. The molecule has 1 fully saturated rings. The van der Waals surface area contributed by atoms with Gasteiger partial charge in [-0.3, -0.25) is 0 Å². The molecule has 2 aromatic rings. The third kappa shape index (κ3) is 4.08. The quantitative estimate of drug-likeness (QED) is 0.916. The van der Waals surface area contributed by atoms with Crippen LogP contribution in [-0.2, 0) is 11.3 Å². The number of hydrogen-bond donors (Lipinski definition) is 1. The zero-order valence-corrected chi connectivity index (χ0v) is 13.3. The summed E-state index contributed by atoms with van der Waals surface area (Å²) in [4.78, 5) is 2.28. The van der Waals surface area contributed by atoms with Gasteiger partial charge < -0.3 is 19.5 Å². The van der Waals surface area contributed by atoms with E-state index in [4.69, 9.17) is 20.9 Å². The van der Waals surface area contributed by atoms with Crippen molar-refractivity contribution < 1.29 is 9.26 Å². The molecular weight excluding hydrogens is 302 g/mol. The lowest BCUT2D eigenvalue weighted by Gasteiger charge is -2.30. The summed E-state index contributed by atoms with van der Waals surface area (Å²) in [6.45, 7) is 4.21. The molecule has 118 valence electrons. The summed E-state index contributed by atoms with van der Waals surface area (Å²) in [5.41, 5.74) is 1.82. The number of nitrogens with zero attached hydrogens (tertiary/aromatic N) is 2. The molecule has 0 amide bonds. The van der Waals surface area contributed by atoms with E-state index in [1.165, 1.54) is 0 Å². The summed E-state index contributed by atoms with van der Waals surface area (Å²) < 4.78 is 11.1. The van der Waals surface area contributed by atoms with E-state index in [2.05, 4.69) is 22.4 Å². The number of ether oxygens (including phenoxy) is 1. The van der Waals surface area contributed by atoms with Gasteiger partial charge in [-0.05, 0) is 19.2 Å². The fourth-order valence-corrected chi connectivity index (χ4v) is 2.63. The minimum atomic E-state index is 0.234. The molecule has 0 saturated carbocycles. The molecule has 0 bridgehead atoms. The van der Waals surface area contributed by atoms with E-state index in [0.717, 1.165) is 43.3 Å². The second-order valence-electron chi connectivity index (χ2n) is 5.57. The van der Waals surface area contributed by atoms with Crippen molar-refractivity contribution in [2.45, 2.75) is 12.6 Å². The van der Waals surface area contributed by atoms with Crippen LogP contribution in [0.5, 0.6) is 0 Å². The van der Waals surface area contributed by atoms with Crippen LogP contribution in [0.15, 0.2) is 34.9 Å². The third-order valence-electron chi connectivity index (χ3n) is 3.71. The minimum Gasteiger partial charge on any atom is -0.374 e. The molecule has 3 rings (SSSR count). The van der Waals surface area contributed by atoms with Gasteiger partial charge in [-0.25, -0.2) is 0 Å². The molecule has 22 heavy (non-hydrogen) atoms. The number of morpholine rings is 1. The Hall–Kier alpha value is -1.40. The Labute approximate surface area is 135 Å². The fourth-order valence-electron chi connectivity index (χ4n) is 2.50. The van der Waals surface area contributed by atoms with Gasteiger partial charge in [0.15, 0.2) is 5.76 Å². The second-order valence-corrected chi connectivity index (χ2v) is 6.01. The average Bonchev–Trinajstić information content (AvgIpc) is 2.97. The molecule has 6 heteroatoms. The van der Waals surface area contributed by atoms with Crippen molar-refractivity contribution in [2.24, 2.45) is 0 Å². The second kappa shape index (κ2) is 7.24. The maximum absolute atomic E-state index is 5.89. The third-order valence-corrected chi connectivity index (χ3v) is 3.96. The van der Waals surface area contributed by atoms with Crippen LogP contribution in [0.2, 0.25) is 5.02 Å². The molecule has 1 aromatic carbocycles. The van der Waals surface area contributed by atoms with Crippen molar-refractivity contribution in [1.82, 2.24) is 15.4 Å². The highest BCUT2D eigenvalue weighted by Gasteiger charge is 2.17. The van der Waals surface area contributed by atoms with Crippen LogP contribution in [0.1, 0.15) is 5.76 Å². The average molecular weight is 322 g/mol. The van der Waals surface area contributed by atoms with E-state index >= 15 is 0 Å².